The van der Waals surface area contributed by atoms with E-state index in [9.17, 15) is 14.4 Å². The van der Waals surface area contributed by atoms with Crippen LogP contribution in [0.1, 0.15) is 31.8 Å². The van der Waals surface area contributed by atoms with E-state index in [0.717, 1.165) is 22.2 Å². The van der Waals surface area contributed by atoms with Gasteiger partial charge >= 0.3 is 0 Å². The van der Waals surface area contributed by atoms with Gasteiger partial charge in [0.1, 0.15) is 0 Å². The van der Waals surface area contributed by atoms with E-state index in [1.807, 2.05) is 98.3 Å². The maximum Gasteiger partial charge on any atom is 0.296 e. The molecule has 2 amide bonds. The molecule has 0 saturated carbocycles. The molecule has 38 heavy (non-hydrogen) atoms. The summed E-state index contributed by atoms with van der Waals surface area (Å²) in [6, 6.07) is 29.5. The number of para-hydroxylation sites is 2. The zero-order chi connectivity index (χ0) is 26.8. The van der Waals surface area contributed by atoms with E-state index in [4.69, 9.17) is 0 Å². The number of hydrogen-bond donors (Lipinski definition) is 2. The zero-order valence-corrected chi connectivity index (χ0v) is 21.4. The summed E-state index contributed by atoms with van der Waals surface area (Å²) >= 11 is 0. The second-order valence-electron chi connectivity index (χ2n) is 9.27. The third-order valence-corrected chi connectivity index (χ3v) is 6.65. The van der Waals surface area contributed by atoms with Crippen LogP contribution in [-0.4, -0.2) is 22.2 Å². The molecule has 0 saturated heterocycles. The lowest BCUT2D eigenvalue weighted by Crippen LogP contribution is -2.25. The van der Waals surface area contributed by atoms with Crippen LogP contribution < -0.4 is 10.6 Å². The fourth-order valence-electron chi connectivity index (χ4n) is 4.70. The highest BCUT2D eigenvalue weighted by Gasteiger charge is 2.27. The molecule has 0 radical (unpaired) electrons. The molecular formula is C32H27N3O3. The predicted molar refractivity (Wildman–Crippen MR) is 152 cm³/mol. The Morgan fingerprint density at radius 1 is 0.711 bits per heavy atom. The number of nitrogens with zero attached hydrogens (tertiary/aromatic N) is 1. The number of aromatic nitrogens is 1. The first kappa shape index (κ1) is 24.7. The Labute approximate surface area is 220 Å². The normalized spacial score (nSPS) is 10.8. The van der Waals surface area contributed by atoms with Gasteiger partial charge in [0.2, 0.25) is 0 Å². The molecule has 6 heteroatoms. The Kier molecular flexibility index (Phi) is 6.62. The van der Waals surface area contributed by atoms with E-state index in [1.165, 1.54) is 0 Å². The minimum absolute atomic E-state index is 0.259. The van der Waals surface area contributed by atoms with E-state index in [1.54, 1.807) is 24.3 Å². The molecule has 0 unspecified atom stereocenters. The number of hydrogen-bond acceptors (Lipinski definition) is 3. The van der Waals surface area contributed by atoms with Gasteiger partial charge in [-0.3, -0.25) is 14.4 Å². The average molecular weight is 502 g/mol. The number of aryl methyl sites for hydroxylation is 3. The number of fused-ring (bicyclic) bond motifs is 1. The van der Waals surface area contributed by atoms with Crippen molar-refractivity contribution in [3.8, 4) is 11.3 Å². The molecule has 5 aromatic rings. The lowest BCUT2D eigenvalue weighted by molar-refractivity contribution is -0.112. The number of amides is 2. The SMILES string of the molecule is Cc1ccc(C)c(NC(=O)c2ccccc2NC(=O)C(=O)c2c(-c3ccccc3)n(C)c3ccccc23)c1. The maximum absolute atomic E-state index is 13.7. The van der Waals surface area contributed by atoms with Gasteiger partial charge in [-0.05, 0) is 54.8 Å². The highest BCUT2D eigenvalue weighted by Crippen LogP contribution is 2.33. The summed E-state index contributed by atoms with van der Waals surface area (Å²) in [6.07, 6.45) is 0. The van der Waals surface area contributed by atoms with Crippen LogP contribution in [0.2, 0.25) is 0 Å². The second kappa shape index (κ2) is 10.2. The Bertz CT molecular complexity index is 1700. The van der Waals surface area contributed by atoms with Crippen molar-refractivity contribution in [2.45, 2.75) is 13.8 Å². The van der Waals surface area contributed by atoms with Crippen LogP contribution in [0.4, 0.5) is 11.4 Å². The highest BCUT2D eigenvalue weighted by atomic mass is 16.2. The molecule has 4 aromatic carbocycles. The first-order chi connectivity index (χ1) is 18.3. The minimum Gasteiger partial charge on any atom is -0.343 e. The Morgan fingerprint density at radius 2 is 1.39 bits per heavy atom. The molecule has 0 spiro atoms. The van der Waals surface area contributed by atoms with Crippen LogP contribution in [0.25, 0.3) is 22.2 Å². The molecule has 1 aromatic heterocycles. The summed E-state index contributed by atoms with van der Waals surface area (Å²) in [7, 11) is 1.88. The molecule has 6 nitrogen and oxygen atoms in total. The van der Waals surface area contributed by atoms with E-state index < -0.39 is 11.7 Å². The first-order valence-electron chi connectivity index (χ1n) is 12.3. The number of carbonyl (C=O) groups excluding carboxylic acids is 3. The number of nitrogens with one attached hydrogen (secondary N) is 2. The zero-order valence-electron chi connectivity index (χ0n) is 21.4. The van der Waals surface area contributed by atoms with E-state index in [2.05, 4.69) is 10.6 Å². The lowest BCUT2D eigenvalue weighted by atomic mass is 10.0. The van der Waals surface area contributed by atoms with Crippen LogP contribution in [0.15, 0.2) is 97.1 Å². The molecule has 0 aliphatic rings. The number of anilines is 2. The summed E-state index contributed by atoms with van der Waals surface area (Å²) in [6.45, 7) is 3.86. The van der Waals surface area contributed by atoms with Crippen molar-refractivity contribution in [3.63, 3.8) is 0 Å². The third kappa shape index (κ3) is 4.60. The first-order valence-corrected chi connectivity index (χ1v) is 12.3. The smallest absolute Gasteiger partial charge is 0.296 e. The van der Waals surface area contributed by atoms with Crippen LogP contribution in [0.5, 0.6) is 0 Å². The molecule has 0 fully saturated rings. The summed E-state index contributed by atoms with van der Waals surface area (Å²) in [5, 5.41) is 6.31. The lowest BCUT2D eigenvalue weighted by Gasteiger charge is -2.13. The van der Waals surface area contributed by atoms with Crippen molar-refractivity contribution in [2.75, 3.05) is 10.6 Å². The molecule has 0 aliphatic heterocycles. The second-order valence-corrected chi connectivity index (χ2v) is 9.27. The molecule has 1 heterocycles. The van der Waals surface area contributed by atoms with E-state index in [-0.39, 0.29) is 17.2 Å². The van der Waals surface area contributed by atoms with Gasteiger partial charge < -0.3 is 15.2 Å². The van der Waals surface area contributed by atoms with Crippen LogP contribution in [0, 0.1) is 13.8 Å². The summed E-state index contributed by atoms with van der Waals surface area (Å²) < 4.78 is 1.93. The molecule has 0 aliphatic carbocycles. The third-order valence-electron chi connectivity index (χ3n) is 6.65. The van der Waals surface area contributed by atoms with Gasteiger partial charge in [-0.25, -0.2) is 0 Å². The number of benzene rings is 4. The average Bonchev–Trinajstić information content (AvgIpc) is 3.23. The summed E-state index contributed by atoms with van der Waals surface area (Å²) in [5.41, 5.74) is 5.80. The summed E-state index contributed by atoms with van der Waals surface area (Å²) in [5.74, 6) is -1.87. The van der Waals surface area contributed by atoms with E-state index >= 15 is 0 Å². The van der Waals surface area contributed by atoms with Crippen LogP contribution >= 0.6 is 0 Å². The Balaban J connectivity index is 1.49. The topological polar surface area (TPSA) is 80.2 Å². The number of carbonyl (C=O) groups is 3. The van der Waals surface area contributed by atoms with Gasteiger partial charge in [-0.1, -0.05) is 72.8 Å². The molecule has 2 N–H and O–H groups in total. The molecule has 5 rings (SSSR count). The van der Waals surface area contributed by atoms with Crippen LogP contribution in [-0.2, 0) is 11.8 Å². The van der Waals surface area contributed by atoms with Gasteiger partial charge in [0.15, 0.2) is 0 Å². The number of Topliss-reactive ketones (excluding diaryl/α,β-unsaturated/α-hetero) is 1. The van der Waals surface area contributed by atoms with Gasteiger partial charge in [0.05, 0.1) is 22.5 Å². The van der Waals surface area contributed by atoms with Gasteiger partial charge in [-0.15, -0.1) is 0 Å². The number of ketones is 1. The van der Waals surface area contributed by atoms with Crippen LogP contribution in [0.3, 0.4) is 0 Å². The largest absolute Gasteiger partial charge is 0.343 e. The van der Waals surface area contributed by atoms with E-state index in [0.29, 0.717) is 22.3 Å². The molecule has 0 bridgehead atoms. The van der Waals surface area contributed by atoms with Gasteiger partial charge in [0, 0.05) is 23.6 Å². The van der Waals surface area contributed by atoms with Gasteiger partial charge in [0.25, 0.3) is 17.6 Å². The predicted octanol–water partition coefficient (Wildman–Crippen LogP) is 6.54. The van der Waals surface area contributed by atoms with Crippen molar-refractivity contribution in [1.82, 2.24) is 4.57 Å². The Morgan fingerprint density at radius 3 is 2.18 bits per heavy atom. The fraction of sp³-hybridized carbons (Fsp3) is 0.0938. The maximum atomic E-state index is 13.7. The fourth-order valence-corrected chi connectivity index (χ4v) is 4.70. The van der Waals surface area contributed by atoms with Crippen molar-refractivity contribution in [3.05, 3.63) is 119 Å². The monoisotopic (exact) mass is 501 g/mol. The van der Waals surface area contributed by atoms with Crippen molar-refractivity contribution in [1.29, 1.82) is 0 Å². The molecule has 188 valence electrons. The minimum atomic E-state index is -0.814. The molecular weight excluding hydrogens is 474 g/mol. The van der Waals surface area contributed by atoms with Crippen molar-refractivity contribution in [2.24, 2.45) is 7.05 Å². The quantitative estimate of drug-likeness (QED) is 0.205. The van der Waals surface area contributed by atoms with Gasteiger partial charge in [-0.2, -0.15) is 0 Å². The Hall–Kier alpha value is -4.97. The van der Waals surface area contributed by atoms with Crippen molar-refractivity contribution < 1.29 is 14.4 Å². The number of rotatable bonds is 6. The summed E-state index contributed by atoms with van der Waals surface area (Å²) in [4.78, 5) is 40.3. The van der Waals surface area contributed by atoms with Crippen molar-refractivity contribution >= 4 is 39.9 Å². The standard InChI is InChI=1S/C32H27N3O3/c1-20-17-18-21(2)26(19-20)34-31(37)23-13-7-9-15-25(23)33-32(38)30(36)28-24-14-8-10-16-27(24)35(3)29(28)22-11-5-4-6-12-22/h4-19H,1-3H3,(H,33,38)(H,34,37). The highest BCUT2D eigenvalue weighted by molar-refractivity contribution is 6.49. The molecule has 0 atom stereocenters.